The van der Waals surface area contributed by atoms with Crippen LogP contribution in [-0.4, -0.2) is 21.8 Å². The molecule has 0 saturated carbocycles. The van der Waals surface area contributed by atoms with Gasteiger partial charge in [0.25, 0.3) is 0 Å². The summed E-state index contributed by atoms with van der Waals surface area (Å²) in [5.41, 5.74) is 5.20. The lowest BCUT2D eigenvalue weighted by atomic mass is 9.99. The van der Waals surface area contributed by atoms with Crippen LogP contribution in [0.3, 0.4) is 0 Å². The lowest BCUT2D eigenvalue weighted by molar-refractivity contribution is -0.123. The molecule has 0 aromatic heterocycles. The Balaban J connectivity index is 4.58. The van der Waals surface area contributed by atoms with E-state index in [1.807, 2.05) is 20.8 Å². The van der Waals surface area contributed by atoms with Gasteiger partial charge in [-0.1, -0.05) is 26.7 Å². The van der Waals surface area contributed by atoms with Gasteiger partial charge in [0.05, 0.1) is 6.04 Å². The summed E-state index contributed by atoms with van der Waals surface area (Å²) in [6, 6.07) is -0.293. The molecule has 2 N–H and O–H groups in total. The number of nitrogens with zero attached hydrogens (tertiary/aromatic N) is 1. The summed E-state index contributed by atoms with van der Waals surface area (Å²) < 4.78 is 1.75. The van der Waals surface area contributed by atoms with Gasteiger partial charge in [0.1, 0.15) is 0 Å². The largest absolute Gasteiger partial charge is 0.368 e. The highest BCUT2D eigenvalue weighted by molar-refractivity contribution is 7.77. The van der Waals surface area contributed by atoms with E-state index < -0.39 is 0 Å². The van der Waals surface area contributed by atoms with Gasteiger partial charge in [0.2, 0.25) is 5.91 Å². The fourth-order valence-electron chi connectivity index (χ4n) is 1.25. The van der Waals surface area contributed by atoms with E-state index in [0.717, 1.165) is 6.42 Å². The average Bonchev–Trinajstić information content (AvgIpc) is 1.96. The smallest absolute Gasteiger partial charge is 0.235 e. The molecule has 0 heterocycles. The number of thiol groups is 1. The molecule has 1 amide bonds. The quantitative estimate of drug-likeness (QED) is 0.707. The third kappa shape index (κ3) is 4.33. The van der Waals surface area contributed by atoms with Gasteiger partial charge in [-0.15, -0.1) is 0 Å². The summed E-state index contributed by atoms with van der Waals surface area (Å²) in [6.45, 7) is 10.2. The second-order valence-electron chi connectivity index (χ2n) is 5.06. The van der Waals surface area contributed by atoms with E-state index in [1.54, 1.807) is 4.31 Å². The summed E-state index contributed by atoms with van der Waals surface area (Å²) in [4.78, 5) is 11.3. The first-order valence-electron chi connectivity index (χ1n) is 4.93. The predicted octanol–water partition coefficient (Wildman–Crippen LogP) is 1.83. The SMILES string of the molecule is CC(C)CC(C(N)=O)N(S)C(C)(C)C. The maximum atomic E-state index is 11.3. The highest BCUT2D eigenvalue weighted by Crippen LogP contribution is 2.23. The molecule has 0 aromatic carbocycles. The van der Waals surface area contributed by atoms with Crippen LogP contribution in [0.5, 0.6) is 0 Å². The monoisotopic (exact) mass is 218 g/mol. The maximum Gasteiger partial charge on any atom is 0.235 e. The number of rotatable bonds is 4. The van der Waals surface area contributed by atoms with Crippen molar-refractivity contribution in [2.24, 2.45) is 11.7 Å². The van der Waals surface area contributed by atoms with Crippen LogP contribution >= 0.6 is 12.8 Å². The number of hydrogen-bond acceptors (Lipinski definition) is 3. The standard InChI is InChI=1S/C10H22N2OS/c1-7(2)6-8(9(11)13)12(14)10(3,4)5/h7-8,14H,6H2,1-5H3,(H2,11,13). The minimum atomic E-state index is -0.302. The average molecular weight is 218 g/mol. The molecule has 0 saturated heterocycles. The van der Waals surface area contributed by atoms with Gasteiger partial charge in [0, 0.05) is 5.54 Å². The number of nitrogens with two attached hydrogens (primary N) is 1. The normalized spacial score (nSPS) is 14.9. The van der Waals surface area contributed by atoms with E-state index in [2.05, 4.69) is 26.7 Å². The van der Waals surface area contributed by atoms with Crippen molar-refractivity contribution in [2.45, 2.75) is 52.6 Å². The maximum absolute atomic E-state index is 11.3. The summed E-state index contributed by atoms with van der Waals surface area (Å²) in [7, 11) is 0. The second-order valence-corrected chi connectivity index (χ2v) is 5.49. The van der Waals surface area contributed by atoms with Crippen LogP contribution in [0.1, 0.15) is 41.0 Å². The predicted molar refractivity (Wildman–Crippen MR) is 63.0 cm³/mol. The third-order valence-corrected chi connectivity index (χ3v) is 2.88. The van der Waals surface area contributed by atoms with Gasteiger partial charge in [-0.25, -0.2) is 4.31 Å². The number of primary amides is 1. The van der Waals surface area contributed by atoms with Gasteiger partial charge < -0.3 is 5.73 Å². The van der Waals surface area contributed by atoms with Gasteiger partial charge in [-0.05, 0) is 33.1 Å². The lowest BCUT2D eigenvalue weighted by Gasteiger charge is -2.36. The first-order valence-corrected chi connectivity index (χ1v) is 5.33. The number of carbonyl (C=O) groups excluding carboxylic acids is 1. The van der Waals surface area contributed by atoms with Crippen molar-refractivity contribution >= 4 is 18.7 Å². The molecule has 0 aromatic rings. The van der Waals surface area contributed by atoms with Crippen LogP contribution in [-0.2, 0) is 4.79 Å². The van der Waals surface area contributed by atoms with Crippen molar-refractivity contribution in [3.63, 3.8) is 0 Å². The van der Waals surface area contributed by atoms with Crippen molar-refractivity contribution in [1.82, 2.24) is 4.31 Å². The Hall–Kier alpha value is -0.220. The fraction of sp³-hybridized carbons (Fsp3) is 0.900. The molecule has 0 aliphatic rings. The van der Waals surface area contributed by atoms with E-state index in [1.165, 1.54) is 0 Å². The van der Waals surface area contributed by atoms with Gasteiger partial charge in [-0.2, -0.15) is 0 Å². The van der Waals surface area contributed by atoms with Gasteiger partial charge >= 0.3 is 0 Å². The minimum absolute atomic E-state index is 0.155. The Labute approximate surface area is 92.6 Å². The summed E-state index contributed by atoms with van der Waals surface area (Å²) >= 11 is 4.35. The van der Waals surface area contributed by atoms with E-state index in [-0.39, 0.29) is 17.5 Å². The Morgan fingerprint density at radius 1 is 1.43 bits per heavy atom. The Morgan fingerprint density at radius 3 is 2.07 bits per heavy atom. The molecule has 1 atom stereocenters. The van der Waals surface area contributed by atoms with Crippen LogP contribution in [0.2, 0.25) is 0 Å². The fourth-order valence-corrected chi connectivity index (χ4v) is 1.46. The molecule has 0 bridgehead atoms. The van der Waals surface area contributed by atoms with E-state index in [9.17, 15) is 4.79 Å². The molecule has 0 aliphatic carbocycles. The molecule has 0 fully saturated rings. The Kier molecular flexibility index (Phi) is 4.95. The molecular formula is C10H22N2OS. The van der Waals surface area contributed by atoms with Gasteiger partial charge in [-0.3, -0.25) is 4.79 Å². The van der Waals surface area contributed by atoms with Crippen molar-refractivity contribution < 1.29 is 4.79 Å². The van der Waals surface area contributed by atoms with Crippen LogP contribution in [0, 0.1) is 5.92 Å². The molecule has 0 radical (unpaired) electrons. The molecule has 0 rings (SSSR count). The summed E-state index contributed by atoms with van der Waals surface area (Å²) in [5.74, 6) is 0.133. The van der Waals surface area contributed by atoms with Crippen molar-refractivity contribution in [2.75, 3.05) is 0 Å². The van der Waals surface area contributed by atoms with E-state index >= 15 is 0 Å². The van der Waals surface area contributed by atoms with Crippen LogP contribution in [0.15, 0.2) is 0 Å². The van der Waals surface area contributed by atoms with Crippen molar-refractivity contribution in [3.8, 4) is 0 Å². The second kappa shape index (κ2) is 5.03. The molecule has 1 unspecified atom stereocenters. The molecule has 84 valence electrons. The van der Waals surface area contributed by atoms with Crippen LogP contribution in [0.4, 0.5) is 0 Å². The highest BCUT2D eigenvalue weighted by atomic mass is 32.1. The summed E-state index contributed by atoms with van der Waals surface area (Å²) in [5, 5.41) is 0. The first-order chi connectivity index (χ1) is 6.16. The van der Waals surface area contributed by atoms with E-state index in [0.29, 0.717) is 5.92 Å². The topological polar surface area (TPSA) is 46.3 Å². The molecular weight excluding hydrogens is 196 g/mol. The lowest BCUT2D eigenvalue weighted by Crippen LogP contribution is -2.48. The van der Waals surface area contributed by atoms with Crippen LogP contribution < -0.4 is 5.73 Å². The molecule has 0 aliphatic heterocycles. The Bertz CT molecular complexity index is 199. The van der Waals surface area contributed by atoms with Crippen molar-refractivity contribution in [3.05, 3.63) is 0 Å². The zero-order valence-electron chi connectivity index (χ0n) is 9.74. The van der Waals surface area contributed by atoms with Crippen molar-refractivity contribution in [1.29, 1.82) is 0 Å². The molecule has 3 nitrogen and oxygen atoms in total. The zero-order valence-corrected chi connectivity index (χ0v) is 10.6. The number of amides is 1. The minimum Gasteiger partial charge on any atom is -0.368 e. The molecule has 4 heteroatoms. The van der Waals surface area contributed by atoms with Crippen LogP contribution in [0.25, 0.3) is 0 Å². The van der Waals surface area contributed by atoms with E-state index in [4.69, 9.17) is 5.73 Å². The zero-order chi connectivity index (χ0) is 11.5. The third-order valence-electron chi connectivity index (χ3n) is 2.01. The van der Waals surface area contributed by atoms with Gasteiger partial charge in [0.15, 0.2) is 0 Å². The number of hydrogen-bond donors (Lipinski definition) is 2. The highest BCUT2D eigenvalue weighted by Gasteiger charge is 2.30. The molecule has 0 spiro atoms. The molecule has 14 heavy (non-hydrogen) atoms. The number of carbonyl (C=O) groups is 1. The first kappa shape index (κ1) is 13.8. The Morgan fingerprint density at radius 2 is 1.86 bits per heavy atom. The summed E-state index contributed by atoms with van der Waals surface area (Å²) in [6.07, 6.45) is 0.746.